The third-order valence-electron chi connectivity index (χ3n) is 3.25. The molecule has 0 fully saturated rings. The number of benzene rings is 2. The molecule has 8 heteroatoms. The number of fused-ring (bicyclic) bond motifs is 1. The van der Waals surface area contributed by atoms with E-state index >= 15 is 0 Å². The second kappa shape index (κ2) is 6.63. The van der Waals surface area contributed by atoms with E-state index in [4.69, 9.17) is 9.47 Å². The highest BCUT2D eigenvalue weighted by Crippen LogP contribution is 2.31. The van der Waals surface area contributed by atoms with Crippen LogP contribution >= 0.6 is 11.3 Å². The number of tetrazole rings is 1. The lowest BCUT2D eigenvalue weighted by molar-refractivity contribution is 0.280. The summed E-state index contributed by atoms with van der Waals surface area (Å²) in [6.07, 6.45) is 1.40. The highest BCUT2D eigenvalue weighted by molar-refractivity contribution is 7.20. The maximum atomic E-state index is 5.80. The monoisotopic (exact) mass is 339 g/mol. The maximum absolute atomic E-state index is 5.80. The van der Waals surface area contributed by atoms with Crippen molar-refractivity contribution < 1.29 is 9.47 Å². The van der Waals surface area contributed by atoms with Gasteiger partial charge in [-0.05, 0) is 41.6 Å². The zero-order valence-corrected chi connectivity index (χ0v) is 13.4. The first kappa shape index (κ1) is 14.6. The number of hydrogen-bond acceptors (Lipinski definition) is 7. The first-order valence-electron chi connectivity index (χ1n) is 7.34. The van der Waals surface area contributed by atoms with Crippen LogP contribution in [0.2, 0.25) is 0 Å². The van der Waals surface area contributed by atoms with Gasteiger partial charge in [0.2, 0.25) is 0 Å². The van der Waals surface area contributed by atoms with Gasteiger partial charge in [0.05, 0.1) is 16.8 Å². The Morgan fingerprint density at radius 3 is 2.62 bits per heavy atom. The average molecular weight is 339 g/mol. The number of para-hydroxylation sites is 1. The molecule has 2 aromatic heterocycles. The SMILES string of the molecule is c1ccc2sc(Oc3ccc(OCCn4ncnn4)cc3)nc2c1. The minimum Gasteiger partial charge on any atom is -0.492 e. The molecular formula is C16H13N5O2S. The summed E-state index contributed by atoms with van der Waals surface area (Å²) >= 11 is 1.52. The molecule has 2 heterocycles. The number of rotatable bonds is 6. The van der Waals surface area contributed by atoms with Crippen molar-refractivity contribution in [2.45, 2.75) is 6.54 Å². The fourth-order valence-electron chi connectivity index (χ4n) is 2.14. The minimum atomic E-state index is 0.467. The minimum absolute atomic E-state index is 0.467. The van der Waals surface area contributed by atoms with Crippen molar-refractivity contribution in [3.8, 4) is 16.7 Å². The van der Waals surface area contributed by atoms with Gasteiger partial charge in [0.15, 0.2) is 6.33 Å². The van der Waals surface area contributed by atoms with E-state index in [1.807, 2.05) is 48.5 Å². The van der Waals surface area contributed by atoms with Crippen LogP contribution in [0.1, 0.15) is 0 Å². The molecule has 24 heavy (non-hydrogen) atoms. The van der Waals surface area contributed by atoms with Gasteiger partial charge in [-0.1, -0.05) is 23.5 Å². The summed E-state index contributed by atoms with van der Waals surface area (Å²) in [5, 5.41) is 12.0. The van der Waals surface area contributed by atoms with E-state index in [0.717, 1.165) is 21.7 Å². The third-order valence-corrected chi connectivity index (χ3v) is 4.17. The summed E-state index contributed by atoms with van der Waals surface area (Å²) in [5.41, 5.74) is 0.944. The molecule has 4 rings (SSSR count). The number of hydrogen-bond donors (Lipinski definition) is 0. The Bertz CT molecular complexity index is 888. The second-order valence-electron chi connectivity index (χ2n) is 4.90. The number of aromatic nitrogens is 5. The van der Waals surface area contributed by atoms with Crippen molar-refractivity contribution in [1.82, 2.24) is 25.2 Å². The molecule has 0 saturated heterocycles. The lowest BCUT2D eigenvalue weighted by Gasteiger charge is -2.06. The van der Waals surface area contributed by atoms with Gasteiger partial charge in [0.25, 0.3) is 5.19 Å². The van der Waals surface area contributed by atoms with Crippen molar-refractivity contribution >= 4 is 21.6 Å². The number of thiazole rings is 1. The van der Waals surface area contributed by atoms with E-state index < -0.39 is 0 Å². The second-order valence-corrected chi connectivity index (χ2v) is 5.89. The highest BCUT2D eigenvalue weighted by atomic mass is 32.1. The van der Waals surface area contributed by atoms with Gasteiger partial charge >= 0.3 is 0 Å². The van der Waals surface area contributed by atoms with Crippen LogP contribution in [0.5, 0.6) is 16.7 Å². The van der Waals surface area contributed by atoms with Crippen LogP contribution in [0.25, 0.3) is 10.2 Å². The van der Waals surface area contributed by atoms with Crippen molar-refractivity contribution in [2.75, 3.05) is 6.61 Å². The van der Waals surface area contributed by atoms with E-state index in [-0.39, 0.29) is 0 Å². The van der Waals surface area contributed by atoms with Gasteiger partial charge < -0.3 is 9.47 Å². The van der Waals surface area contributed by atoms with E-state index in [1.165, 1.54) is 22.5 Å². The van der Waals surface area contributed by atoms with E-state index in [0.29, 0.717) is 18.3 Å². The Balaban J connectivity index is 1.36. The number of ether oxygens (including phenoxy) is 2. The molecule has 0 aliphatic carbocycles. The molecule has 4 aromatic rings. The predicted octanol–water partition coefficient (Wildman–Crippen LogP) is 3.15. The molecule has 0 N–H and O–H groups in total. The first-order valence-corrected chi connectivity index (χ1v) is 8.15. The normalized spacial score (nSPS) is 10.8. The van der Waals surface area contributed by atoms with Crippen molar-refractivity contribution in [3.63, 3.8) is 0 Å². The fraction of sp³-hybridized carbons (Fsp3) is 0.125. The van der Waals surface area contributed by atoms with Crippen molar-refractivity contribution in [1.29, 1.82) is 0 Å². The zero-order chi connectivity index (χ0) is 16.2. The Morgan fingerprint density at radius 1 is 1.00 bits per heavy atom. The van der Waals surface area contributed by atoms with Crippen LogP contribution < -0.4 is 9.47 Å². The van der Waals surface area contributed by atoms with Gasteiger partial charge in [-0.2, -0.15) is 4.80 Å². The molecule has 0 unspecified atom stereocenters. The standard InChI is InChI=1S/C16H13N5O2S/c1-2-4-15-14(3-1)19-16(24-15)23-13-7-5-12(6-8-13)22-10-9-21-18-11-17-20-21/h1-8,11H,9-10H2. The van der Waals surface area contributed by atoms with Crippen molar-refractivity contribution in [2.24, 2.45) is 0 Å². The Labute approximate surface area is 141 Å². The molecule has 7 nitrogen and oxygen atoms in total. The highest BCUT2D eigenvalue weighted by Gasteiger charge is 2.05. The smallest absolute Gasteiger partial charge is 0.279 e. The molecule has 0 spiro atoms. The summed E-state index contributed by atoms with van der Waals surface area (Å²) in [4.78, 5) is 5.93. The molecule has 0 radical (unpaired) electrons. The lowest BCUT2D eigenvalue weighted by atomic mass is 10.3. The Kier molecular flexibility index (Phi) is 4.03. The number of nitrogens with zero attached hydrogens (tertiary/aromatic N) is 5. The molecule has 0 bridgehead atoms. The topological polar surface area (TPSA) is 75.0 Å². The van der Waals surface area contributed by atoms with Crippen molar-refractivity contribution in [3.05, 3.63) is 54.9 Å². The van der Waals surface area contributed by atoms with Gasteiger partial charge in [-0.15, -0.1) is 10.2 Å². The third kappa shape index (κ3) is 3.33. The molecule has 2 aromatic carbocycles. The summed E-state index contributed by atoms with van der Waals surface area (Å²) in [5.74, 6) is 1.48. The molecule has 0 aliphatic rings. The van der Waals surface area contributed by atoms with Gasteiger partial charge in [0.1, 0.15) is 18.1 Å². The Morgan fingerprint density at radius 2 is 1.83 bits per heavy atom. The molecule has 0 saturated carbocycles. The molecule has 0 aliphatic heterocycles. The van der Waals surface area contributed by atoms with E-state index in [1.54, 1.807) is 0 Å². The summed E-state index contributed by atoms with van der Waals surface area (Å²) in [6, 6.07) is 15.4. The first-order chi connectivity index (χ1) is 11.9. The summed E-state index contributed by atoms with van der Waals surface area (Å²) in [7, 11) is 0. The van der Waals surface area contributed by atoms with Crippen LogP contribution in [0.15, 0.2) is 54.9 Å². The van der Waals surface area contributed by atoms with Gasteiger partial charge in [-0.25, -0.2) is 4.98 Å². The lowest BCUT2D eigenvalue weighted by Crippen LogP contribution is -2.10. The summed E-state index contributed by atoms with van der Waals surface area (Å²) in [6.45, 7) is 1.01. The molecule has 0 atom stereocenters. The molecule has 0 amide bonds. The van der Waals surface area contributed by atoms with Gasteiger partial charge in [0, 0.05) is 0 Å². The maximum Gasteiger partial charge on any atom is 0.279 e. The predicted molar refractivity (Wildman–Crippen MR) is 89.4 cm³/mol. The average Bonchev–Trinajstić information content (AvgIpc) is 3.25. The van der Waals surface area contributed by atoms with Crippen LogP contribution in [-0.4, -0.2) is 31.8 Å². The quantitative estimate of drug-likeness (QED) is 0.537. The van der Waals surface area contributed by atoms with Gasteiger partial charge in [-0.3, -0.25) is 0 Å². The largest absolute Gasteiger partial charge is 0.492 e. The van der Waals surface area contributed by atoms with Crippen LogP contribution in [-0.2, 0) is 6.54 Å². The molecule has 120 valence electrons. The zero-order valence-electron chi connectivity index (χ0n) is 12.6. The van der Waals surface area contributed by atoms with E-state index in [9.17, 15) is 0 Å². The summed E-state index contributed by atoms with van der Waals surface area (Å²) < 4.78 is 12.5. The van der Waals surface area contributed by atoms with E-state index in [2.05, 4.69) is 20.4 Å². The molecular weight excluding hydrogens is 326 g/mol. The Hall–Kier alpha value is -3.00. The van der Waals surface area contributed by atoms with Crippen LogP contribution in [0, 0.1) is 0 Å². The van der Waals surface area contributed by atoms with Crippen LogP contribution in [0.3, 0.4) is 0 Å². The fourth-order valence-corrected chi connectivity index (χ4v) is 2.97. The van der Waals surface area contributed by atoms with Crippen LogP contribution in [0.4, 0.5) is 0 Å².